The zero-order valence-corrected chi connectivity index (χ0v) is 14.6. The molecule has 0 N–H and O–H groups in total. The van der Waals surface area contributed by atoms with E-state index in [1.54, 1.807) is 12.1 Å². The van der Waals surface area contributed by atoms with E-state index in [2.05, 4.69) is 4.90 Å². The molecule has 1 saturated heterocycles. The second-order valence-electron chi connectivity index (χ2n) is 7.17. The Morgan fingerprint density at radius 3 is 2.31 bits per heavy atom. The van der Waals surface area contributed by atoms with Gasteiger partial charge in [0.15, 0.2) is 5.78 Å². The van der Waals surface area contributed by atoms with Crippen LogP contribution >= 0.6 is 0 Å². The third kappa shape index (κ3) is 3.03. The molecule has 5 nitrogen and oxygen atoms in total. The van der Waals surface area contributed by atoms with E-state index in [0.29, 0.717) is 17.2 Å². The second-order valence-corrected chi connectivity index (χ2v) is 7.17. The van der Waals surface area contributed by atoms with Crippen molar-refractivity contribution in [2.75, 3.05) is 0 Å². The predicted octanol–water partition coefficient (Wildman–Crippen LogP) is 4.54. The molecule has 134 valence electrons. The van der Waals surface area contributed by atoms with E-state index < -0.39 is 0 Å². The van der Waals surface area contributed by atoms with E-state index in [0.717, 1.165) is 25.7 Å². The van der Waals surface area contributed by atoms with E-state index in [-0.39, 0.29) is 28.5 Å². The van der Waals surface area contributed by atoms with Gasteiger partial charge in [-0.25, -0.2) is 0 Å². The number of benzene rings is 2. The Labute approximate surface area is 152 Å². The van der Waals surface area contributed by atoms with Crippen LogP contribution in [0.15, 0.2) is 54.6 Å². The van der Waals surface area contributed by atoms with Crippen LogP contribution in [0, 0.1) is 10.1 Å². The van der Waals surface area contributed by atoms with Crippen molar-refractivity contribution in [2.45, 2.75) is 50.2 Å². The fourth-order valence-corrected chi connectivity index (χ4v) is 4.37. The van der Waals surface area contributed by atoms with Crippen LogP contribution in [0.5, 0.6) is 0 Å². The maximum atomic E-state index is 13.1. The molecule has 1 aliphatic heterocycles. The van der Waals surface area contributed by atoms with Gasteiger partial charge in [-0.2, -0.15) is 0 Å². The smallest absolute Gasteiger partial charge is 0.274 e. The molecule has 0 spiro atoms. The summed E-state index contributed by atoms with van der Waals surface area (Å²) in [5.74, 6) is 0.0688. The normalized spacial score (nSPS) is 25.6. The third-order valence-corrected chi connectivity index (χ3v) is 5.63. The minimum atomic E-state index is -0.337. The quantitative estimate of drug-likeness (QED) is 0.344. The Balaban J connectivity index is 1.69. The number of nitro groups is 1. The van der Waals surface area contributed by atoms with Gasteiger partial charge in [-0.3, -0.25) is 19.8 Å². The van der Waals surface area contributed by atoms with Crippen LogP contribution in [0.4, 0.5) is 5.69 Å². The molecule has 1 aliphatic carbocycles. The number of Topliss-reactive ketones (excluding diaryl/α,β-unsaturated/α-hetero) is 1. The van der Waals surface area contributed by atoms with Crippen molar-refractivity contribution in [1.29, 1.82) is 0 Å². The lowest BCUT2D eigenvalue weighted by Gasteiger charge is -2.24. The molecule has 4 rings (SSSR count). The molecule has 26 heavy (non-hydrogen) atoms. The highest BCUT2D eigenvalue weighted by Crippen LogP contribution is 2.51. The summed E-state index contributed by atoms with van der Waals surface area (Å²) >= 11 is 0. The van der Waals surface area contributed by atoms with Gasteiger partial charge in [-0.15, -0.1) is 0 Å². The minimum Gasteiger partial charge on any atom is -0.292 e. The summed E-state index contributed by atoms with van der Waals surface area (Å²) in [6, 6.07) is 16.0. The molecule has 1 saturated carbocycles. The maximum absolute atomic E-state index is 13.1. The summed E-state index contributed by atoms with van der Waals surface area (Å²) < 4.78 is 0. The molecule has 2 aliphatic rings. The average molecular weight is 350 g/mol. The first-order chi connectivity index (χ1) is 12.7. The number of hydrogen-bond donors (Lipinski definition) is 0. The molecule has 0 radical (unpaired) electrons. The molecule has 2 fully saturated rings. The zero-order chi connectivity index (χ0) is 18.1. The Kier molecular flexibility index (Phi) is 4.55. The van der Waals surface area contributed by atoms with Gasteiger partial charge in [0.25, 0.3) is 5.69 Å². The fraction of sp³-hybridized carbons (Fsp3) is 0.381. The van der Waals surface area contributed by atoms with Gasteiger partial charge in [0.05, 0.1) is 17.0 Å². The third-order valence-electron chi connectivity index (χ3n) is 5.63. The number of carbonyl (C=O) groups excluding carboxylic acids is 1. The lowest BCUT2D eigenvalue weighted by atomic mass is 9.95. The molecule has 2 aromatic rings. The molecule has 1 heterocycles. The molecule has 1 unspecified atom stereocenters. The van der Waals surface area contributed by atoms with Gasteiger partial charge in [-0.05, 0) is 12.8 Å². The largest absolute Gasteiger partial charge is 0.292 e. The summed E-state index contributed by atoms with van der Waals surface area (Å²) in [4.78, 5) is 26.5. The number of hydrogen-bond acceptors (Lipinski definition) is 4. The fourth-order valence-electron chi connectivity index (χ4n) is 4.37. The molecule has 0 aromatic heterocycles. The highest BCUT2D eigenvalue weighted by atomic mass is 16.6. The van der Waals surface area contributed by atoms with Gasteiger partial charge in [0.2, 0.25) is 0 Å². The van der Waals surface area contributed by atoms with Gasteiger partial charge in [0.1, 0.15) is 0 Å². The lowest BCUT2D eigenvalue weighted by molar-refractivity contribution is -0.385. The summed E-state index contributed by atoms with van der Waals surface area (Å²) in [5, 5.41) is 11.5. The number of rotatable bonds is 5. The second kappa shape index (κ2) is 7.00. The lowest BCUT2D eigenvalue weighted by Crippen LogP contribution is -2.26. The molecule has 2 aromatic carbocycles. The van der Waals surface area contributed by atoms with Gasteiger partial charge in [-0.1, -0.05) is 67.8 Å². The van der Waals surface area contributed by atoms with Crippen LogP contribution in [0.2, 0.25) is 0 Å². The summed E-state index contributed by atoms with van der Waals surface area (Å²) in [5.41, 5.74) is 1.46. The Morgan fingerprint density at radius 2 is 1.62 bits per heavy atom. The first-order valence-electron chi connectivity index (χ1n) is 9.28. The van der Waals surface area contributed by atoms with Gasteiger partial charge in [0, 0.05) is 23.2 Å². The van der Waals surface area contributed by atoms with Crippen molar-refractivity contribution >= 4 is 11.5 Å². The van der Waals surface area contributed by atoms with Gasteiger partial charge >= 0.3 is 0 Å². The van der Waals surface area contributed by atoms with Crippen LogP contribution < -0.4 is 0 Å². The number of nitro benzene ring substituents is 1. The van der Waals surface area contributed by atoms with Crippen LogP contribution in [-0.4, -0.2) is 27.7 Å². The van der Waals surface area contributed by atoms with Crippen LogP contribution in [0.3, 0.4) is 0 Å². The zero-order valence-electron chi connectivity index (χ0n) is 14.6. The van der Waals surface area contributed by atoms with Crippen molar-refractivity contribution in [3.05, 3.63) is 75.8 Å². The van der Waals surface area contributed by atoms with E-state index in [9.17, 15) is 14.9 Å². The summed E-state index contributed by atoms with van der Waals surface area (Å²) in [7, 11) is 0. The molecular weight excluding hydrogens is 328 g/mol. The average Bonchev–Trinajstić information content (AvgIpc) is 3.44. The van der Waals surface area contributed by atoms with Crippen LogP contribution in [0.25, 0.3) is 0 Å². The highest BCUT2D eigenvalue weighted by Gasteiger charge is 2.57. The topological polar surface area (TPSA) is 63.2 Å². The minimum absolute atomic E-state index is 0.0688. The first kappa shape index (κ1) is 16.9. The standard InChI is InChI=1S/C21H22N2O3/c24-21(15-9-3-1-4-10-15)20-19(22(20)16-11-5-2-6-12-16)17-13-7-8-14-18(17)23(25)26/h1,3-4,7-10,13-14,16,19-20H,2,5-6,11-12H2/t19-,20+,22?/m0/s1. The van der Waals surface area contributed by atoms with Crippen LogP contribution in [0.1, 0.15) is 54.1 Å². The number of nitrogens with zero attached hydrogens (tertiary/aromatic N) is 2. The van der Waals surface area contributed by atoms with Crippen molar-refractivity contribution in [3.63, 3.8) is 0 Å². The first-order valence-corrected chi connectivity index (χ1v) is 9.28. The van der Waals surface area contributed by atoms with E-state index >= 15 is 0 Å². The van der Waals surface area contributed by atoms with E-state index in [4.69, 9.17) is 0 Å². The number of ketones is 1. The predicted molar refractivity (Wildman–Crippen MR) is 99.1 cm³/mol. The Hall–Kier alpha value is -2.53. The maximum Gasteiger partial charge on any atom is 0.274 e. The van der Waals surface area contributed by atoms with Crippen molar-refractivity contribution in [1.82, 2.24) is 4.90 Å². The van der Waals surface area contributed by atoms with E-state index in [1.165, 1.54) is 12.5 Å². The van der Waals surface area contributed by atoms with E-state index in [1.807, 2.05) is 36.4 Å². The molecule has 3 atom stereocenters. The monoisotopic (exact) mass is 350 g/mol. The van der Waals surface area contributed by atoms with Crippen molar-refractivity contribution in [3.8, 4) is 0 Å². The Bertz CT molecular complexity index is 815. The SMILES string of the molecule is O=C(c1ccccc1)[C@H]1[C@H](c2ccccc2[N+](=O)[O-])N1C1CCCCC1. The van der Waals surface area contributed by atoms with Crippen LogP contribution in [-0.2, 0) is 0 Å². The molecular formula is C21H22N2O3. The summed E-state index contributed by atoms with van der Waals surface area (Å²) in [6.45, 7) is 0. The van der Waals surface area contributed by atoms with Crippen molar-refractivity contribution in [2.24, 2.45) is 0 Å². The summed E-state index contributed by atoms with van der Waals surface area (Å²) in [6.07, 6.45) is 5.69. The Morgan fingerprint density at radius 1 is 0.962 bits per heavy atom. The molecule has 0 amide bonds. The molecule has 0 bridgehead atoms. The number of carbonyl (C=O) groups is 1. The van der Waals surface area contributed by atoms with Crippen molar-refractivity contribution < 1.29 is 9.72 Å². The number of para-hydroxylation sites is 1. The highest BCUT2D eigenvalue weighted by molar-refractivity contribution is 6.02. The van der Waals surface area contributed by atoms with Gasteiger partial charge < -0.3 is 0 Å². The molecule has 5 heteroatoms.